The van der Waals surface area contributed by atoms with E-state index in [0.717, 1.165) is 24.3 Å². The van der Waals surface area contributed by atoms with E-state index in [4.69, 9.17) is 9.84 Å². The number of rotatable bonds is 5. The highest BCUT2D eigenvalue weighted by molar-refractivity contribution is 6.05. The molecule has 0 aliphatic rings. The van der Waals surface area contributed by atoms with Gasteiger partial charge in [-0.1, -0.05) is 18.2 Å². The lowest BCUT2D eigenvalue weighted by molar-refractivity contribution is -0.137. The molecule has 3 aromatic carbocycles. The van der Waals surface area contributed by atoms with E-state index in [-0.39, 0.29) is 28.3 Å². The number of anilines is 1. The Morgan fingerprint density at radius 1 is 0.862 bits per heavy atom. The van der Waals surface area contributed by atoms with Crippen molar-refractivity contribution in [3.8, 4) is 11.5 Å². The molecule has 148 valence electrons. The van der Waals surface area contributed by atoms with Crippen molar-refractivity contribution in [2.24, 2.45) is 0 Å². The van der Waals surface area contributed by atoms with E-state index in [0.29, 0.717) is 0 Å². The van der Waals surface area contributed by atoms with E-state index in [1.165, 1.54) is 18.2 Å². The van der Waals surface area contributed by atoms with Crippen LogP contribution in [0.15, 0.2) is 72.8 Å². The lowest BCUT2D eigenvalue weighted by atomic mass is 10.1. The average molecular weight is 401 g/mol. The summed E-state index contributed by atoms with van der Waals surface area (Å²) in [5.41, 5.74) is -0.497. The van der Waals surface area contributed by atoms with Gasteiger partial charge in [0, 0.05) is 5.56 Å². The zero-order valence-corrected chi connectivity index (χ0v) is 14.7. The van der Waals surface area contributed by atoms with Crippen molar-refractivity contribution in [3.63, 3.8) is 0 Å². The van der Waals surface area contributed by atoms with Gasteiger partial charge < -0.3 is 15.2 Å². The smallest absolute Gasteiger partial charge is 0.416 e. The van der Waals surface area contributed by atoms with E-state index in [2.05, 4.69) is 5.32 Å². The summed E-state index contributed by atoms with van der Waals surface area (Å²) < 4.78 is 43.6. The number of nitrogens with one attached hydrogen (secondary N) is 1. The minimum absolute atomic E-state index is 0.0359. The van der Waals surface area contributed by atoms with Crippen LogP contribution >= 0.6 is 0 Å². The zero-order valence-electron chi connectivity index (χ0n) is 14.7. The lowest BCUT2D eigenvalue weighted by Gasteiger charge is -2.13. The second kappa shape index (κ2) is 8.05. The molecule has 3 rings (SSSR count). The monoisotopic (exact) mass is 401 g/mol. The summed E-state index contributed by atoms with van der Waals surface area (Å²) in [7, 11) is 0. The summed E-state index contributed by atoms with van der Waals surface area (Å²) in [4.78, 5) is 23.5. The maximum absolute atomic E-state index is 12.7. The van der Waals surface area contributed by atoms with E-state index in [9.17, 15) is 22.8 Å². The molecular weight excluding hydrogens is 387 g/mol. The Balaban J connectivity index is 1.79. The average Bonchev–Trinajstić information content (AvgIpc) is 2.69. The third-order valence-electron chi connectivity index (χ3n) is 3.92. The molecule has 1 amide bonds. The molecule has 0 saturated heterocycles. The molecular formula is C21H14F3NO4. The van der Waals surface area contributed by atoms with Crippen LogP contribution in [0.25, 0.3) is 0 Å². The van der Waals surface area contributed by atoms with Gasteiger partial charge >= 0.3 is 12.1 Å². The fraction of sp³-hybridized carbons (Fsp3) is 0.0476. The lowest BCUT2D eigenvalue weighted by Crippen LogP contribution is -2.13. The van der Waals surface area contributed by atoms with E-state index < -0.39 is 23.6 Å². The van der Waals surface area contributed by atoms with Gasteiger partial charge in [-0.2, -0.15) is 13.2 Å². The third kappa shape index (κ3) is 4.92. The first-order chi connectivity index (χ1) is 13.7. The van der Waals surface area contributed by atoms with Crippen LogP contribution in [-0.2, 0) is 6.18 Å². The second-order valence-electron chi connectivity index (χ2n) is 5.96. The fourth-order valence-corrected chi connectivity index (χ4v) is 2.48. The second-order valence-corrected chi connectivity index (χ2v) is 5.96. The van der Waals surface area contributed by atoms with Crippen molar-refractivity contribution in [2.75, 3.05) is 5.32 Å². The van der Waals surface area contributed by atoms with Gasteiger partial charge in [-0.3, -0.25) is 4.79 Å². The van der Waals surface area contributed by atoms with Gasteiger partial charge in [0.05, 0.1) is 16.8 Å². The molecule has 0 saturated carbocycles. The molecule has 0 fully saturated rings. The summed E-state index contributed by atoms with van der Waals surface area (Å²) in [5.74, 6) is -1.23. The van der Waals surface area contributed by atoms with Crippen molar-refractivity contribution >= 4 is 17.6 Å². The highest BCUT2D eigenvalue weighted by Crippen LogP contribution is 2.31. The summed E-state index contributed by atoms with van der Waals surface area (Å²) in [6.07, 6.45) is -4.49. The first kappa shape index (κ1) is 19.9. The van der Waals surface area contributed by atoms with Gasteiger partial charge in [0.1, 0.15) is 5.75 Å². The topological polar surface area (TPSA) is 75.6 Å². The van der Waals surface area contributed by atoms with Crippen molar-refractivity contribution in [3.05, 3.63) is 89.5 Å². The Morgan fingerprint density at radius 2 is 1.55 bits per heavy atom. The third-order valence-corrected chi connectivity index (χ3v) is 3.92. The van der Waals surface area contributed by atoms with Gasteiger partial charge in [0.2, 0.25) is 0 Å². The Bertz CT molecular complexity index is 1050. The molecule has 0 aliphatic heterocycles. The minimum Gasteiger partial charge on any atom is -0.478 e. The number of halogens is 3. The van der Waals surface area contributed by atoms with Gasteiger partial charge in [-0.05, 0) is 54.6 Å². The molecule has 0 radical (unpaired) electrons. The van der Waals surface area contributed by atoms with Gasteiger partial charge in [-0.15, -0.1) is 0 Å². The van der Waals surface area contributed by atoms with Gasteiger partial charge in [0.25, 0.3) is 5.91 Å². The Labute approximate surface area is 163 Å². The molecule has 0 bridgehead atoms. The number of hydrogen-bond donors (Lipinski definition) is 2. The van der Waals surface area contributed by atoms with Crippen molar-refractivity contribution in [1.82, 2.24) is 0 Å². The molecule has 0 heterocycles. The normalized spacial score (nSPS) is 11.0. The van der Waals surface area contributed by atoms with Crippen LogP contribution in [0.4, 0.5) is 18.9 Å². The molecule has 29 heavy (non-hydrogen) atoms. The maximum Gasteiger partial charge on any atom is 0.416 e. The number of hydrogen-bond acceptors (Lipinski definition) is 3. The largest absolute Gasteiger partial charge is 0.478 e. The number of aromatic carboxylic acids is 1. The predicted molar refractivity (Wildman–Crippen MR) is 99.3 cm³/mol. The van der Waals surface area contributed by atoms with Gasteiger partial charge in [-0.25, -0.2) is 4.79 Å². The highest BCUT2D eigenvalue weighted by Gasteiger charge is 2.30. The van der Waals surface area contributed by atoms with Crippen LogP contribution in [0.2, 0.25) is 0 Å². The van der Waals surface area contributed by atoms with Crippen molar-refractivity contribution in [1.29, 1.82) is 0 Å². The van der Waals surface area contributed by atoms with Crippen LogP contribution in [0.5, 0.6) is 11.5 Å². The molecule has 0 aromatic heterocycles. The Morgan fingerprint density at radius 3 is 2.21 bits per heavy atom. The van der Waals surface area contributed by atoms with Crippen LogP contribution in [0, 0.1) is 0 Å². The number of benzene rings is 3. The molecule has 2 N–H and O–H groups in total. The summed E-state index contributed by atoms with van der Waals surface area (Å²) in [5, 5.41) is 11.6. The number of alkyl halides is 3. The number of carboxylic acid groups (broad SMARTS) is 1. The zero-order chi connectivity index (χ0) is 21.0. The SMILES string of the molecule is O=C(O)c1cccc(Oc2ccccc2NC(=O)c2ccc(C(F)(F)F)cc2)c1. The van der Waals surface area contributed by atoms with Gasteiger partial charge in [0.15, 0.2) is 5.75 Å². The number of carbonyl (C=O) groups is 2. The minimum atomic E-state index is -4.49. The first-order valence-electron chi connectivity index (χ1n) is 8.33. The molecule has 5 nitrogen and oxygen atoms in total. The van der Waals surface area contributed by atoms with Crippen LogP contribution < -0.4 is 10.1 Å². The van der Waals surface area contributed by atoms with E-state index in [1.54, 1.807) is 30.3 Å². The fourth-order valence-electron chi connectivity index (χ4n) is 2.48. The molecule has 0 aliphatic carbocycles. The highest BCUT2D eigenvalue weighted by atomic mass is 19.4. The van der Waals surface area contributed by atoms with E-state index >= 15 is 0 Å². The molecule has 0 unspecified atom stereocenters. The number of carbonyl (C=O) groups excluding carboxylic acids is 1. The maximum atomic E-state index is 12.7. The van der Waals surface area contributed by atoms with Crippen molar-refractivity contribution in [2.45, 2.75) is 6.18 Å². The first-order valence-corrected chi connectivity index (χ1v) is 8.33. The number of para-hydroxylation sites is 2. The number of ether oxygens (including phenoxy) is 1. The van der Waals surface area contributed by atoms with Crippen molar-refractivity contribution < 1.29 is 32.6 Å². The molecule has 0 atom stereocenters. The number of amides is 1. The molecule has 3 aromatic rings. The standard InChI is InChI=1S/C21H14F3NO4/c22-21(23,24)15-10-8-13(9-11-15)19(26)25-17-6-1-2-7-18(17)29-16-5-3-4-14(12-16)20(27)28/h1-12H,(H,25,26)(H,27,28). The predicted octanol–water partition coefficient (Wildman–Crippen LogP) is 5.45. The summed E-state index contributed by atoms with van der Waals surface area (Å²) >= 11 is 0. The quantitative estimate of drug-likeness (QED) is 0.596. The van der Waals surface area contributed by atoms with Crippen LogP contribution in [0.1, 0.15) is 26.3 Å². The van der Waals surface area contributed by atoms with Crippen LogP contribution in [0.3, 0.4) is 0 Å². The number of carboxylic acids is 1. The Hall–Kier alpha value is -3.81. The summed E-state index contributed by atoms with van der Waals surface area (Å²) in [6.45, 7) is 0. The Kier molecular flexibility index (Phi) is 5.54. The molecule has 8 heteroatoms. The molecule has 0 spiro atoms. The summed E-state index contributed by atoms with van der Waals surface area (Å²) in [6, 6.07) is 16.0. The van der Waals surface area contributed by atoms with E-state index in [1.807, 2.05) is 0 Å². The van der Waals surface area contributed by atoms with Crippen LogP contribution in [-0.4, -0.2) is 17.0 Å².